The van der Waals surface area contributed by atoms with E-state index in [1.807, 2.05) is 61.1 Å². The zero-order valence-corrected chi connectivity index (χ0v) is 21.6. The number of imidazole rings is 1. The van der Waals surface area contributed by atoms with Gasteiger partial charge in [0.25, 0.3) is 0 Å². The van der Waals surface area contributed by atoms with Gasteiger partial charge in [-0.3, -0.25) is 9.97 Å². The van der Waals surface area contributed by atoms with Crippen LogP contribution in [0.2, 0.25) is 0 Å². The molecular weight excluding hydrogens is 609 g/mol. The third kappa shape index (κ3) is 5.30. The van der Waals surface area contributed by atoms with Crippen molar-refractivity contribution in [3.63, 3.8) is 0 Å². The first kappa shape index (κ1) is 24.3. The molecule has 0 atom stereocenters. The summed E-state index contributed by atoms with van der Waals surface area (Å²) in [7, 11) is 0. The molecule has 1 aliphatic rings. The van der Waals surface area contributed by atoms with Crippen molar-refractivity contribution < 1.29 is 20.1 Å². The summed E-state index contributed by atoms with van der Waals surface area (Å²) in [6.45, 7) is 3.09. The summed E-state index contributed by atoms with van der Waals surface area (Å²) in [5.74, 6) is 1.06. The van der Waals surface area contributed by atoms with Crippen LogP contribution in [0.4, 0.5) is 0 Å². The van der Waals surface area contributed by atoms with Crippen molar-refractivity contribution in [1.29, 1.82) is 5.26 Å². The molecule has 0 bridgehead atoms. The van der Waals surface area contributed by atoms with E-state index in [1.165, 1.54) is 11.1 Å². The minimum atomic E-state index is 0. The predicted octanol–water partition coefficient (Wildman–Crippen LogP) is 6.30. The minimum absolute atomic E-state index is 0. The summed E-state index contributed by atoms with van der Waals surface area (Å²) in [5.41, 5.74) is 8.16. The fourth-order valence-electron chi connectivity index (χ4n) is 4.13. The molecule has 173 valence electrons. The van der Waals surface area contributed by atoms with Crippen LogP contribution in [-0.2, 0) is 33.1 Å². The number of pyridine rings is 1. The molecular formula is C30H22IrN4-2. The van der Waals surface area contributed by atoms with Crippen LogP contribution in [0.5, 0.6) is 0 Å². The number of nitriles is 1. The van der Waals surface area contributed by atoms with E-state index >= 15 is 0 Å². The first-order valence-corrected chi connectivity index (χ1v) is 11.2. The predicted molar refractivity (Wildman–Crippen MR) is 134 cm³/mol. The summed E-state index contributed by atoms with van der Waals surface area (Å²) < 4.78 is 2.18. The largest absolute Gasteiger partial charge is 0.371 e. The monoisotopic (exact) mass is 631 g/mol. The van der Waals surface area contributed by atoms with Gasteiger partial charge >= 0.3 is 0 Å². The van der Waals surface area contributed by atoms with E-state index in [2.05, 4.69) is 63.9 Å². The Bertz CT molecular complexity index is 1480. The van der Waals surface area contributed by atoms with Crippen LogP contribution in [-0.4, -0.2) is 14.5 Å². The smallest absolute Gasteiger partial charge is 0.0560 e. The van der Waals surface area contributed by atoms with E-state index in [-0.39, 0.29) is 20.1 Å². The Balaban J connectivity index is 0.000000177. The van der Waals surface area contributed by atoms with Crippen molar-refractivity contribution in [3.05, 3.63) is 120 Å². The van der Waals surface area contributed by atoms with Crippen LogP contribution in [0, 0.1) is 30.4 Å². The first-order valence-electron chi connectivity index (χ1n) is 11.2. The van der Waals surface area contributed by atoms with Crippen LogP contribution < -0.4 is 0 Å². The fraction of sp³-hybridized carbons (Fsp3) is 0.100. The second-order valence-electron chi connectivity index (χ2n) is 8.11. The number of hydrogen-bond donors (Lipinski definition) is 0. The molecule has 3 aromatic carbocycles. The van der Waals surface area contributed by atoms with E-state index < -0.39 is 0 Å². The third-order valence-electron chi connectivity index (χ3n) is 5.88. The number of nitrogens with zero attached hydrogens (tertiary/aromatic N) is 4. The Labute approximate surface area is 219 Å². The van der Waals surface area contributed by atoms with Gasteiger partial charge in [0, 0.05) is 50.9 Å². The summed E-state index contributed by atoms with van der Waals surface area (Å²) in [6.07, 6.45) is 6.84. The summed E-state index contributed by atoms with van der Waals surface area (Å²) in [6, 6.07) is 32.4. The molecule has 0 saturated heterocycles. The van der Waals surface area contributed by atoms with Crippen molar-refractivity contribution in [1.82, 2.24) is 14.5 Å². The molecule has 4 nitrogen and oxygen atoms in total. The molecule has 0 aliphatic carbocycles. The molecule has 1 radical (unpaired) electrons. The average molecular weight is 631 g/mol. The van der Waals surface area contributed by atoms with Gasteiger partial charge < -0.3 is 4.57 Å². The van der Waals surface area contributed by atoms with Gasteiger partial charge in [-0.2, -0.15) is 0 Å². The molecule has 6 rings (SSSR count). The van der Waals surface area contributed by atoms with E-state index in [1.54, 1.807) is 6.07 Å². The number of benzene rings is 3. The van der Waals surface area contributed by atoms with Gasteiger partial charge in [0.05, 0.1) is 5.82 Å². The van der Waals surface area contributed by atoms with Crippen molar-refractivity contribution in [2.24, 2.45) is 0 Å². The number of aromatic nitrogens is 3. The second kappa shape index (κ2) is 11.1. The van der Waals surface area contributed by atoms with Crippen LogP contribution in [0.25, 0.3) is 33.8 Å². The molecule has 0 saturated carbocycles. The van der Waals surface area contributed by atoms with Crippen molar-refractivity contribution in [2.45, 2.75) is 19.9 Å². The Hall–Kier alpha value is -3.84. The van der Waals surface area contributed by atoms with Crippen LogP contribution in [0.1, 0.15) is 16.7 Å². The second-order valence-corrected chi connectivity index (χ2v) is 8.11. The van der Waals surface area contributed by atoms with Crippen LogP contribution >= 0.6 is 0 Å². The van der Waals surface area contributed by atoms with E-state index in [0.29, 0.717) is 5.56 Å². The standard InChI is InChI=1S/C19H13N2.C11H9N2.Ir/c1-14-13-21-19(17-9-5-6-15(10-17)12-20)11-18(14)16-7-3-2-4-8-16;1-2-4-10-9(3-1)5-7-13-8-6-12-11(10)13;/h2-9,11,13H,1H3;1-3,6,8H,5,7H2;/q2*-1;. The molecule has 5 aromatic rings. The number of rotatable bonds is 2. The van der Waals surface area contributed by atoms with Gasteiger partial charge in [0.1, 0.15) is 0 Å². The maximum Gasteiger partial charge on any atom is 0.0560 e. The van der Waals surface area contributed by atoms with Crippen molar-refractivity contribution in [2.75, 3.05) is 0 Å². The van der Waals surface area contributed by atoms with Crippen molar-refractivity contribution >= 4 is 0 Å². The summed E-state index contributed by atoms with van der Waals surface area (Å²) in [4.78, 5) is 8.80. The first-order chi connectivity index (χ1) is 16.7. The molecule has 0 spiro atoms. The van der Waals surface area contributed by atoms with E-state index in [9.17, 15) is 0 Å². The summed E-state index contributed by atoms with van der Waals surface area (Å²) >= 11 is 0. The Kier molecular flexibility index (Phi) is 7.67. The Morgan fingerprint density at radius 3 is 2.69 bits per heavy atom. The van der Waals surface area contributed by atoms with Gasteiger partial charge in [-0.15, -0.1) is 59.7 Å². The SMILES string of the molecule is Cc1cnc(-c2[c-]c(C#N)ccc2)cc1-c1ccccc1.[Ir].[c-]1cccc2c1-c1nccn1CC2. The Morgan fingerprint density at radius 2 is 1.86 bits per heavy atom. The van der Waals surface area contributed by atoms with Crippen LogP contribution in [0.15, 0.2) is 91.4 Å². The van der Waals surface area contributed by atoms with E-state index in [0.717, 1.165) is 46.7 Å². The summed E-state index contributed by atoms with van der Waals surface area (Å²) in [5, 5.41) is 8.98. The molecule has 1 aliphatic heterocycles. The fourth-order valence-corrected chi connectivity index (χ4v) is 4.13. The quantitative estimate of drug-likeness (QED) is 0.215. The van der Waals surface area contributed by atoms with Gasteiger partial charge in [-0.25, -0.2) is 5.26 Å². The van der Waals surface area contributed by atoms with Gasteiger partial charge in [-0.05, 0) is 36.1 Å². The van der Waals surface area contributed by atoms with Gasteiger partial charge in [0.15, 0.2) is 0 Å². The topological polar surface area (TPSA) is 54.5 Å². The van der Waals surface area contributed by atoms with Gasteiger partial charge in [0.2, 0.25) is 0 Å². The molecule has 0 fully saturated rings. The molecule has 0 amide bonds. The number of hydrogen-bond acceptors (Lipinski definition) is 3. The molecule has 2 aromatic heterocycles. The third-order valence-corrected chi connectivity index (χ3v) is 5.88. The maximum absolute atomic E-state index is 8.98. The molecule has 0 unspecified atom stereocenters. The average Bonchev–Trinajstić information content (AvgIpc) is 3.40. The van der Waals surface area contributed by atoms with Gasteiger partial charge in [-0.1, -0.05) is 47.5 Å². The minimum Gasteiger partial charge on any atom is -0.371 e. The van der Waals surface area contributed by atoms with Crippen molar-refractivity contribution in [3.8, 4) is 39.8 Å². The molecule has 3 heterocycles. The zero-order chi connectivity index (χ0) is 23.3. The van der Waals surface area contributed by atoms with Crippen LogP contribution in [0.3, 0.4) is 0 Å². The molecule has 0 N–H and O–H groups in total. The number of aryl methyl sites for hydroxylation is 3. The maximum atomic E-state index is 8.98. The molecule has 5 heteroatoms. The zero-order valence-electron chi connectivity index (χ0n) is 19.2. The normalized spacial score (nSPS) is 11.1. The Morgan fingerprint density at radius 1 is 1.00 bits per heavy atom. The molecule has 35 heavy (non-hydrogen) atoms. The van der Waals surface area contributed by atoms with E-state index in [4.69, 9.17) is 5.26 Å². The number of fused-ring (bicyclic) bond motifs is 3.